The first kappa shape index (κ1) is 21.9. The number of aryl methyl sites for hydroxylation is 1. The number of methoxy groups -OCH3 is 1. The molecule has 0 atom stereocenters. The van der Waals surface area contributed by atoms with Gasteiger partial charge in [0.1, 0.15) is 17.4 Å². The Bertz CT molecular complexity index is 1280. The first-order chi connectivity index (χ1) is 16.5. The average Bonchev–Trinajstić information content (AvgIpc) is 3.19. The number of carbonyl (C=O) groups is 1. The summed E-state index contributed by atoms with van der Waals surface area (Å²) in [5, 5.41) is 3.57. The van der Waals surface area contributed by atoms with Crippen LogP contribution in [0.1, 0.15) is 30.5 Å². The van der Waals surface area contributed by atoms with Gasteiger partial charge in [0, 0.05) is 19.2 Å². The van der Waals surface area contributed by atoms with Crippen molar-refractivity contribution in [3.63, 3.8) is 0 Å². The van der Waals surface area contributed by atoms with Gasteiger partial charge in [-0.3, -0.25) is 14.8 Å². The molecule has 3 heterocycles. The quantitative estimate of drug-likeness (QED) is 0.574. The smallest absolute Gasteiger partial charge is 0.247 e. The fourth-order valence-corrected chi connectivity index (χ4v) is 4.43. The molecule has 0 unspecified atom stereocenters. The number of hydrazine groups is 1. The lowest BCUT2D eigenvalue weighted by Gasteiger charge is -2.39. The van der Waals surface area contributed by atoms with Crippen molar-refractivity contribution in [1.82, 2.24) is 14.6 Å². The van der Waals surface area contributed by atoms with Gasteiger partial charge in [0.25, 0.3) is 0 Å². The van der Waals surface area contributed by atoms with E-state index in [1.807, 2.05) is 40.9 Å². The predicted molar refractivity (Wildman–Crippen MR) is 130 cm³/mol. The zero-order valence-electron chi connectivity index (χ0n) is 19.2. The van der Waals surface area contributed by atoms with Crippen LogP contribution in [0, 0.1) is 12.7 Å². The van der Waals surface area contributed by atoms with Gasteiger partial charge in [-0.1, -0.05) is 6.07 Å². The van der Waals surface area contributed by atoms with Gasteiger partial charge in [0.15, 0.2) is 0 Å². The minimum atomic E-state index is -0.331. The van der Waals surface area contributed by atoms with Crippen LogP contribution in [0.15, 0.2) is 65.6 Å². The number of piperidine rings is 1. The third-order valence-electron chi connectivity index (χ3n) is 6.02. The zero-order chi connectivity index (χ0) is 23.7. The lowest BCUT2D eigenvalue weighted by Crippen LogP contribution is -2.51. The van der Waals surface area contributed by atoms with Crippen LogP contribution in [0.5, 0.6) is 5.75 Å². The molecule has 1 fully saturated rings. The highest BCUT2D eigenvalue weighted by atomic mass is 19.1. The minimum Gasteiger partial charge on any atom is -0.495 e. The summed E-state index contributed by atoms with van der Waals surface area (Å²) in [6.45, 7) is 3.04. The maximum Gasteiger partial charge on any atom is 0.247 e. The third-order valence-corrected chi connectivity index (χ3v) is 6.02. The number of nitrogens with zero attached hydrogens (tertiary/aromatic N) is 5. The molecule has 0 spiro atoms. The molecule has 0 N–H and O–H groups in total. The van der Waals surface area contributed by atoms with Gasteiger partial charge >= 0.3 is 0 Å². The van der Waals surface area contributed by atoms with Crippen LogP contribution in [0.3, 0.4) is 0 Å². The number of imidazole rings is 1. The number of hydrogen-bond donors (Lipinski definition) is 0. The van der Waals surface area contributed by atoms with E-state index in [0.717, 1.165) is 46.9 Å². The normalized spacial score (nSPS) is 17.4. The Hall–Kier alpha value is -3.94. The molecule has 0 radical (unpaired) electrons. The topological polar surface area (TPSA) is 63.0 Å². The van der Waals surface area contributed by atoms with E-state index in [4.69, 9.17) is 9.73 Å². The van der Waals surface area contributed by atoms with Crippen molar-refractivity contribution in [1.29, 1.82) is 0 Å². The number of aliphatic imine (C=N–C) groups is 1. The molecule has 1 amide bonds. The van der Waals surface area contributed by atoms with Crippen LogP contribution in [0.2, 0.25) is 0 Å². The van der Waals surface area contributed by atoms with E-state index < -0.39 is 0 Å². The Morgan fingerprint density at radius 1 is 1.12 bits per heavy atom. The highest BCUT2D eigenvalue weighted by Crippen LogP contribution is 2.31. The van der Waals surface area contributed by atoms with E-state index in [2.05, 4.69) is 11.1 Å². The Kier molecular flexibility index (Phi) is 5.88. The molecule has 7 nitrogen and oxygen atoms in total. The lowest BCUT2D eigenvalue weighted by molar-refractivity contribution is -0.120. The molecule has 3 aromatic rings. The SMILES string of the molecule is COc1cc(C=C2CCCN3C2=NCCC(=O)N3c2ccc(F)cc2)ccc1-n1cnc(C)c1. The van der Waals surface area contributed by atoms with Gasteiger partial charge in [-0.15, -0.1) is 0 Å². The van der Waals surface area contributed by atoms with Crippen LogP contribution < -0.4 is 9.75 Å². The first-order valence-corrected chi connectivity index (χ1v) is 11.3. The van der Waals surface area contributed by atoms with Crippen LogP contribution >= 0.6 is 0 Å². The van der Waals surface area contributed by atoms with E-state index in [1.165, 1.54) is 12.1 Å². The summed E-state index contributed by atoms with van der Waals surface area (Å²) < 4.78 is 21.1. The Labute approximate surface area is 197 Å². The maximum atomic E-state index is 13.5. The molecule has 1 saturated heterocycles. The average molecular weight is 460 g/mol. The summed E-state index contributed by atoms with van der Waals surface area (Å²) in [6, 6.07) is 12.1. The molecule has 174 valence electrons. The summed E-state index contributed by atoms with van der Waals surface area (Å²) in [7, 11) is 1.66. The number of aromatic nitrogens is 2. The lowest BCUT2D eigenvalue weighted by atomic mass is 10.0. The Morgan fingerprint density at radius 3 is 2.68 bits per heavy atom. The second-order valence-corrected chi connectivity index (χ2v) is 8.39. The number of halogens is 1. The number of amidine groups is 1. The number of ether oxygens (including phenoxy) is 1. The molecule has 0 aliphatic carbocycles. The summed E-state index contributed by atoms with van der Waals surface area (Å²) >= 11 is 0. The number of carbonyl (C=O) groups excluding carboxylic acids is 1. The van der Waals surface area contributed by atoms with Gasteiger partial charge in [-0.2, -0.15) is 0 Å². The highest BCUT2D eigenvalue weighted by molar-refractivity contribution is 6.08. The number of amides is 1. The summed E-state index contributed by atoms with van der Waals surface area (Å²) in [5.74, 6) is 1.15. The number of benzene rings is 2. The fraction of sp³-hybridized carbons (Fsp3) is 0.269. The summed E-state index contributed by atoms with van der Waals surface area (Å²) in [5.41, 5.74) is 4.53. The molecule has 2 aliphatic rings. The highest BCUT2D eigenvalue weighted by Gasteiger charge is 2.32. The van der Waals surface area contributed by atoms with Crippen molar-refractivity contribution in [2.24, 2.45) is 4.99 Å². The van der Waals surface area contributed by atoms with Crippen LogP contribution in [-0.2, 0) is 4.79 Å². The molecule has 34 heavy (non-hydrogen) atoms. The van der Waals surface area contributed by atoms with Gasteiger partial charge in [0.05, 0.1) is 37.1 Å². The minimum absolute atomic E-state index is 0.0479. The van der Waals surface area contributed by atoms with Gasteiger partial charge in [0.2, 0.25) is 5.91 Å². The predicted octanol–water partition coefficient (Wildman–Crippen LogP) is 4.56. The molecule has 5 rings (SSSR count). The summed E-state index contributed by atoms with van der Waals surface area (Å²) in [6.07, 6.45) is 7.86. The Balaban J connectivity index is 1.49. The van der Waals surface area contributed by atoms with Gasteiger partial charge in [-0.25, -0.2) is 14.4 Å². The maximum absolute atomic E-state index is 13.5. The molecule has 1 aromatic heterocycles. The van der Waals surface area contributed by atoms with E-state index in [0.29, 0.717) is 25.2 Å². The van der Waals surface area contributed by atoms with Crippen molar-refractivity contribution < 1.29 is 13.9 Å². The van der Waals surface area contributed by atoms with Crippen molar-refractivity contribution in [3.8, 4) is 11.4 Å². The van der Waals surface area contributed by atoms with Crippen LogP contribution in [-0.4, -0.2) is 46.5 Å². The largest absolute Gasteiger partial charge is 0.495 e. The first-order valence-electron chi connectivity index (χ1n) is 11.3. The second kappa shape index (κ2) is 9.13. The molecule has 0 bridgehead atoms. The number of rotatable bonds is 4. The van der Waals surface area contributed by atoms with Crippen molar-refractivity contribution >= 4 is 23.5 Å². The van der Waals surface area contributed by atoms with Gasteiger partial charge < -0.3 is 9.30 Å². The number of fused-ring (bicyclic) bond motifs is 1. The summed E-state index contributed by atoms with van der Waals surface area (Å²) in [4.78, 5) is 22.0. The Morgan fingerprint density at radius 2 is 1.94 bits per heavy atom. The molecule has 8 heteroatoms. The van der Waals surface area contributed by atoms with E-state index >= 15 is 0 Å². The molecule has 0 saturated carbocycles. The van der Waals surface area contributed by atoms with Crippen LogP contribution in [0.25, 0.3) is 11.8 Å². The van der Waals surface area contributed by atoms with Gasteiger partial charge in [-0.05, 0) is 73.4 Å². The third kappa shape index (κ3) is 4.19. The standard InChI is InChI=1S/C26H26FN5O2/c1-18-16-30(17-29-18)23-10-5-19(15-24(23)34-2)14-20-4-3-13-31-26(20)28-12-11-25(33)32(31)22-8-6-21(27)7-9-22/h5-10,14-17H,3-4,11-13H2,1-2H3. The number of anilines is 1. The monoisotopic (exact) mass is 459 g/mol. The number of hydrogen-bond acceptors (Lipinski definition) is 5. The van der Waals surface area contributed by atoms with Crippen LogP contribution in [0.4, 0.5) is 10.1 Å². The second-order valence-electron chi connectivity index (χ2n) is 8.39. The zero-order valence-corrected chi connectivity index (χ0v) is 19.2. The van der Waals surface area contributed by atoms with E-state index in [9.17, 15) is 9.18 Å². The van der Waals surface area contributed by atoms with Crippen molar-refractivity contribution in [2.75, 3.05) is 25.2 Å². The molecular weight excluding hydrogens is 433 g/mol. The van der Waals surface area contributed by atoms with Crippen molar-refractivity contribution in [2.45, 2.75) is 26.2 Å². The van der Waals surface area contributed by atoms with E-state index in [-0.39, 0.29) is 11.7 Å². The molecular formula is C26H26FN5O2. The fourth-order valence-electron chi connectivity index (χ4n) is 4.43. The molecule has 2 aliphatic heterocycles. The van der Waals surface area contributed by atoms with Crippen molar-refractivity contribution in [3.05, 3.63) is 77.6 Å². The molecule has 2 aromatic carbocycles. The van der Waals surface area contributed by atoms with E-state index in [1.54, 1.807) is 30.6 Å².